The molecule has 0 atom stereocenters. The Morgan fingerprint density at radius 2 is 2.03 bits per heavy atom. The molecule has 2 aromatic rings. The number of ether oxygens (including phenoxy) is 1. The molecule has 2 amide bonds. The van der Waals surface area contributed by atoms with Crippen molar-refractivity contribution in [2.75, 3.05) is 32.1 Å². The Labute approximate surface area is 180 Å². The maximum Gasteiger partial charge on any atom is 0.332 e. The summed E-state index contributed by atoms with van der Waals surface area (Å²) in [6.45, 7) is 3.51. The predicted molar refractivity (Wildman–Crippen MR) is 115 cm³/mol. The fraction of sp³-hybridized carbons (Fsp3) is 0.429. The van der Waals surface area contributed by atoms with Crippen LogP contribution in [0.3, 0.4) is 0 Å². The van der Waals surface area contributed by atoms with E-state index in [-0.39, 0.29) is 5.82 Å². The number of carbonyl (C=O) groups excluding carboxylic acids is 1. The Hall–Kier alpha value is -2.72. The van der Waals surface area contributed by atoms with Gasteiger partial charge in [0.1, 0.15) is 11.1 Å². The van der Waals surface area contributed by atoms with Crippen LogP contribution in [0.1, 0.15) is 24.5 Å². The van der Waals surface area contributed by atoms with Crippen molar-refractivity contribution in [3.05, 3.63) is 41.3 Å². The summed E-state index contributed by atoms with van der Waals surface area (Å²) in [5, 5.41) is 2.06. The molecule has 0 saturated carbocycles. The van der Waals surface area contributed by atoms with Crippen LogP contribution in [0.25, 0.3) is 11.1 Å². The lowest BCUT2D eigenvalue weighted by atomic mass is 9.97. The molecule has 1 aliphatic heterocycles. The predicted octanol–water partition coefficient (Wildman–Crippen LogP) is 2.54. The van der Waals surface area contributed by atoms with Crippen LogP contribution >= 0.6 is 0 Å². The Balaban J connectivity index is 1.64. The summed E-state index contributed by atoms with van der Waals surface area (Å²) in [4.78, 5) is 18.7. The number of amides is 2. The molecule has 2 heterocycles. The van der Waals surface area contributed by atoms with Gasteiger partial charge in [-0.3, -0.25) is 0 Å². The van der Waals surface area contributed by atoms with Crippen molar-refractivity contribution in [2.45, 2.75) is 31.4 Å². The zero-order chi connectivity index (χ0) is 22.2. The highest BCUT2D eigenvalue weighted by Gasteiger charge is 2.37. The number of hydrogen-bond acceptors (Lipinski definition) is 6. The molecule has 1 aromatic heterocycles. The number of anilines is 1. The number of carbonyl (C=O) groups is 1. The average molecular weight is 449 g/mol. The third-order valence-corrected chi connectivity index (χ3v) is 7.53. The van der Waals surface area contributed by atoms with Gasteiger partial charge < -0.3 is 15.0 Å². The molecule has 1 aliphatic carbocycles. The van der Waals surface area contributed by atoms with E-state index in [1.807, 2.05) is 11.8 Å². The number of rotatable bonds is 6. The zero-order valence-electron chi connectivity index (χ0n) is 17.4. The van der Waals surface area contributed by atoms with Gasteiger partial charge in [-0.1, -0.05) is 6.92 Å². The van der Waals surface area contributed by atoms with Crippen LogP contribution in [0.4, 0.5) is 14.9 Å². The topological polar surface area (TPSA) is 101 Å². The molecule has 31 heavy (non-hydrogen) atoms. The van der Waals surface area contributed by atoms with E-state index in [0.717, 1.165) is 13.0 Å². The van der Waals surface area contributed by atoms with Crippen LogP contribution in [-0.2, 0) is 22.9 Å². The monoisotopic (exact) mass is 448 g/mol. The highest BCUT2D eigenvalue weighted by atomic mass is 32.2. The molecule has 1 aromatic carbocycles. The lowest BCUT2D eigenvalue weighted by Gasteiger charge is -2.37. The van der Waals surface area contributed by atoms with Crippen molar-refractivity contribution in [2.24, 2.45) is 0 Å². The number of urea groups is 1. The second-order valence-electron chi connectivity index (χ2n) is 7.75. The summed E-state index contributed by atoms with van der Waals surface area (Å²) in [7, 11) is -2.32. The summed E-state index contributed by atoms with van der Waals surface area (Å²) >= 11 is 0. The van der Waals surface area contributed by atoms with E-state index >= 15 is 0 Å². The van der Waals surface area contributed by atoms with Gasteiger partial charge in [0, 0.05) is 30.9 Å². The molecular weight excluding hydrogens is 423 g/mol. The average Bonchev–Trinajstić information content (AvgIpc) is 3.19. The Bertz CT molecular complexity index is 1120. The minimum absolute atomic E-state index is 0.342. The van der Waals surface area contributed by atoms with Gasteiger partial charge in [0.15, 0.2) is 0 Å². The first kappa shape index (κ1) is 21.5. The molecule has 2 aliphatic rings. The molecule has 1 saturated heterocycles. The van der Waals surface area contributed by atoms with Crippen molar-refractivity contribution in [3.8, 4) is 17.0 Å². The third-order valence-electron chi connectivity index (χ3n) is 5.89. The molecule has 0 spiro atoms. The summed E-state index contributed by atoms with van der Waals surface area (Å²) < 4.78 is 47.1. The van der Waals surface area contributed by atoms with Crippen molar-refractivity contribution in [1.29, 1.82) is 0 Å². The van der Waals surface area contributed by atoms with E-state index < -0.39 is 21.3 Å². The number of hydrogen-bond donors (Lipinski definition) is 2. The van der Waals surface area contributed by atoms with Gasteiger partial charge in [-0.25, -0.2) is 27.3 Å². The molecule has 8 nitrogen and oxygen atoms in total. The van der Waals surface area contributed by atoms with Gasteiger partial charge in [0.25, 0.3) is 0 Å². The summed E-state index contributed by atoms with van der Waals surface area (Å²) in [5.41, 5.74) is 2.72. The first-order valence-corrected chi connectivity index (χ1v) is 11.8. The number of likely N-dealkylation sites (tertiary alicyclic amines) is 1. The van der Waals surface area contributed by atoms with Crippen molar-refractivity contribution in [1.82, 2.24) is 14.6 Å². The molecule has 166 valence electrons. The quantitative estimate of drug-likeness (QED) is 0.705. The number of sulfonamides is 1. The molecule has 0 unspecified atom stereocenters. The smallest absolute Gasteiger partial charge is 0.332 e. The fourth-order valence-electron chi connectivity index (χ4n) is 4.12. The minimum atomic E-state index is -3.80. The molecule has 0 bridgehead atoms. The van der Waals surface area contributed by atoms with Gasteiger partial charge >= 0.3 is 6.03 Å². The van der Waals surface area contributed by atoms with Gasteiger partial charge in [-0.05, 0) is 54.6 Å². The number of aromatic nitrogens is 1. The fourth-order valence-corrected chi connectivity index (χ4v) is 5.41. The van der Waals surface area contributed by atoms with Crippen molar-refractivity contribution < 1.29 is 22.3 Å². The van der Waals surface area contributed by atoms with Gasteiger partial charge in [0.05, 0.1) is 12.8 Å². The van der Waals surface area contributed by atoms with Crippen LogP contribution in [0.5, 0.6) is 5.88 Å². The molecule has 10 heteroatoms. The second-order valence-corrected chi connectivity index (χ2v) is 9.71. The largest absolute Gasteiger partial charge is 0.481 e. The second kappa shape index (κ2) is 8.43. The van der Waals surface area contributed by atoms with Crippen LogP contribution in [-0.4, -0.2) is 56.3 Å². The van der Waals surface area contributed by atoms with Gasteiger partial charge in [-0.15, -0.1) is 0 Å². The van der Waals surface area contributed by atoms with Crippen LogP contribution in [0, 0.1) is 5.82 Å². The number of methoxy groups -OCH3 is 1. The Morgan fingerprint density at radius 1 is 1.29 bits per heavy atom. The van der Waals surface area contributed by atoms with E-state index in [1.165, 1.54) is 19.4 Å². The maximum atomic E-state index is 14.8. The van der Waals surface area contributed by atoms with Gasteiger partial charge in [-0.2, -0.15) is 0 Å². The van der Waals surface area contributed by atoms with E-state index in [4.69, 9.17) is 4.74 Å². The first-order valence-electron chi connectivity index (χ1n) is 10.2. The number of benzene rings is 1. The van der Waals surface area contributed by atoms with Gasteiger partial charge in [0.2, 0.25) is 15.9 Å². The number of fused-ring (bicyclic) bond motifs is 1. The Morgan fingerprint density at radius 3 is 2.74 bits per heavy atom. The highest BCUT2D eigenvalue weighted by Crippen LogP contribution is 2.39. The first-order chi connectivity index (χ1) is 14.8. The van der Waals surface area contributed by atoms with Crippen molar-refractivity contribution in [3.63, 3.8) is 0 Å². The standard InChI is InChI=1S/C21H25FN4O4S/c1-3-26-11-14(12-26)31(28,29)25-21(27)24-20-16-6-4-5-15(16)18(22)10-17(20)13-7-8-23-19(9-13)30-2/h7-10,14H,3-6,11-12H2,1-2H3,(H2,24,25,27). The molecule has 0 radical (unpaired) electrons. The third kappa shape index (κ3) is 4.22. The summed E-state index contributed by atoms with van der Waals surface area (Å²) in [6, 6.07) is 3.85. The van der Waals surface area contributed by atoms with E-state index in [0.29, 0.717) is 59.8 Å². The lowest BCUT2D eigenvalue weighted by molar-refractivity contribution is 0.194. The molecule has 2 N–H and O–H groups in total. The molecule has 4 rings (SSSR count). The highest BCUT2D eigenvalue weighted by molar-refractivity contribution is 7.90. The van der Waals surface area contributed by atoms with Crippen LogP contribution < -0.4 is 14.8 Å². The Kier molecular flexibility index (Phi) is 5.85. The molecular formula is C21H25FN4O4S. The number of nitrogens with zero attached hydrogens (tertiary/aromatic N) is 2. The number of halogens is 1. The molecule has 1 fully saturated rings. The van der Waals surface area contributed by atoms with Crippen LogP contribution in [0.2, 0.25) is 0 Å². The normalized spacial score (nSPS) is 16.5. The van der Waals surface area contributed by atoms with Crippen molar-refractivity contribution >= 4 is 21.7 Å². The summed E-state index contributed by atoms with van der Waals surface area (Å²) in [6.07, 6.45) is 3.46. The van der Waals surface area contributed by atoms with E-state index in [1.54, 1.807) is 12.1 Å². The minimum Gasteiger partial charge on any atom is -0.481 e. The van der Waals surface area contributed by atoms with Crippen LogP contribution in [0.15, 0.2) is 24.4 Å². The SMILES string of the molecule is CCN1CC(S(=O)(=O)NC(=O)Nc2c(-c3ccnc(OC)c3)cc(F)c3c2CCC3)C1. The zero-order valence-corrected chi connectivity index (χ0v) is 18.3. The van der Waals surface area contributed by atoms with E-state index in [9.17, 15) is 17.6 Å². The number of nitrogens with one attached hydrogen (secondary N) is 2. The summed E-state index contributed by atoms with van der Waals surface area (Å²) in [5.74, 6) is 0.00725. The number of pyridine rings is 1. The maximum absolute atomic E-state index is 14.8. The lowest BCUT2D eigenvalue weighted by Crippen LogP contribution is -2.58. The van der Waals surface area contributed by atoms with E-state index in [2.05, 4.69) is 15.0 Å².